The van der Waals surface area contributed by atoms with Gasteiger partial charge in [0.05, 0.1) is 5.92 Å². The Hall–Kier alpha value is -2.01. The van der Waals surface area contributed by atoms with Gasteiger partial charge in [-0.25, -0.2) is 4.79 Å². The molecule has 0 aromatic heterocycles. The largest absolute Gasteiger partial charge is 0.460 e. The van der Waals surface area contributed by atoms with Crippen LogP contribution in [-0.4, -0.2) is 70.7 Å². The molecule has 1 unspecified atom stereocenters. The van der Waals surface area contributed by atoms with Crippen LogP contribution in [0.4, 0.5) is 0 Å². The second-order valence-electron chi connectivity index (χ2n) is 9.52. The van der Waals surface area contributed by atoms with Gasteiger partial charge in [-0.1, -0.05) is 34.3 Å². The summed E-state index contributed by atoms with van der Waals surface area (Å²) < 4.78 is 27.5. The number of carbonyl (C=O) groups is 3. The van der Waals surface area contributed by atoms with Crippen molar-refractivity contribution in [3.05, 3.63) is 12.2 Å². The average Bonchev–Trinajstić information content (AvgIpc) is 2.87. The van der Waals surface area contributed by atoms with Crippen LogP contribution in [0.25, 0.3) is 0 Å². The number of aliphatic hydroxyl groups excluding tert-OH is 1. The second kappa shape index (κ2) is 8.74. The van der Waals surface area contributed by atoms with E-state index in [0.29, 0.717) is 0 Å². The molecule has 180 valence electrons. The Kier molecular flexibility index (Phi) is 6.72. The Labute approximate surface area is 186 Å². The van der Waals surface area contributed by atoms with Gasteiger partial charge in [0.15, 0.2) is 18.2 Å². The molecular weight excluding hydrogens is 424 g/mol. The topological polar surface area (TPSA) is 138 Å². The SMILES string of the molecule is C=C1[C@@H]2O[C@@H](O)[C@@H]3[C@@](COC(=O)C(OC(=O)CC(C)C)C(C)C)(O2)[C@@H](OC(C)=O)C[C@]13O. The van der Waals surface area contributed by atoms with Gasteiger partial charge in [-0.3, -0.25) is 9.59 Å². The number of hydrogen-bond donors (Lipinski definition) is 2. The molecule has 1 saturated carbocycles. The Bertz CT molecular complexity index is 792. The first kappa shape index (κ1) is 24.6. The molecule has 0 amide bonds. The zero-order valence-electron chi connectivity index (χ0n) is 19.0. The number of fused-ring (bicyclic) bond motifs is 1. The van der Waals surface area contributed by atoms with E-state index in [9.17, 15) is 24.6 Å². The van der Waals surface area contributed by atoms with E-state index in [1.807, 2.05) is 13.8 Å². The molecule has 0 aromatic rings. The summed E-state index contributed by atoms with van der Waals surface area (Å²) >= 11 is 0. The third-order valence-corrected chi connectivity index (χ3v) is 6.22. The van der Waals surface area contributed by atoms with Gasteiger partial charge in [-0.2, -0.15) is 0 Å². The van der Waals surface area contributed by atoms with Crippen LogP contribution in [0.1, 0.15) is 47.5 Å². The van der Waals surface area contributed by atoms with E-state index >= 15 is 0 Å². The van der Waals surface area contributed by atoms with Crippen molar-refractivity contribution in [1.82, 2.24) is 0 Å². The molecule has 0 spiro atoms. The van der Waals surface area contributed by atoms with Gasteiger partial charge in [0.1, 0.15) is 18.3 Å². The molecule has 3 saturated heterocycles. The van der Waals surface area contributed by atoms with E-state index in [-0.39, 0.29) is 30.3 Å². The minimum atomic E-state index is -1.63. The summed E-state index contributed by atoms with van der Waals surface area (Å²) in [4.78, 5) is 36.7. The Morgan fingerprint density at radius 1 is 1.25 bits per heavy atom. The average molecular weight is 456 g/mol. The Balaban J connectivity index is 1.82. The first-order valence-electron chi connectivity index (χ1n) is 10.8. The van der Waals surface area contributed by atoms with E-state index in [1.165, 1.54) is 6.92 Å². The summed E-state index contributed by atoms with van der Waals surface area (Å²) in [6.07, 6.45) is -4.73. The maximum atomic E-state index is 12.8. The molecule has 10 heteroatoms. The van der Waals surface area contributed by atoms with Crippen molar-refractivity contribution >= 4 is 17.9 Å². The van der Waals surface area contributed by atoms with Crippen LogP contribution >= 0.6 is 0 Å². The highest BCUT2D eigenvalue weighted by Gasteiger charge is 2.76. The summed E-state index contributed by atoms with van der Waals surface area (Å²) in [5, 5.41) is 21.7. The monoisotopic (exact) mass is 456 g/mol. The minimum absolute atomic E-state index is 0.0617. The predicted molar refractivity (Wildman–Crippen MR) is 108 cm³/mol. The lowest BCUT2D eigenvalue weighted by Gasteiger charge is -2.55. The summed E-state index contributed by atoms with van der Waals surface area (Å²) in [7, 11) is 0. The Morgan fingerprint density at radius 2 is 1.91 bits per heavy atom. The smallest absolute Gasteiger partial charge is 0.347 e. The van der Waals surface area contributed by atoms with E-state index < -0.39 is 66.4 Å². The molecule has 10 nitrogen and oxygen atoms in total. The lowest BCUT2D eigenvalue weighted by molar-refractivity contribution is -0.390. The van der Waals surface area contributed by atoms with Crippen molar-refractivity contribution in [2.24, 2.45) is 17.8 Å². The van der Waals surface area contributed by atoms with Gasteiger partial charge in [-0.05, 0) is 5.92 Å². The maximum Gasteiger partial charge on any atom is 0.347 e. The van der Waals surface area contributed by atoms with Gasteiger partial charge in [0.2, 0.25) is 6.10 Å². The van der Waals surface area contributed by atoms with Crippen molar-refractivity contribution in [2.45, 2.75) is 83.5 Å². The second-order valence-corrected chi connectivity index (χ2v) is 9.52. The standard InChI is InChI=1S/C22H32O10/c1-10(2)7-15(24)30-16(11(3)4)18(25)28-9-22-14(29-13(6)23)8-21(27)12(5)20(32-22)31-19(26)17(21)22/h10-11,14,16-17,19-20,26-27H,5,7-9H2,1-4,6H3/t14-,16?,17-,19+,20+,21-,22-/m0/s1. The molecule has 1 aliphatic carbocycles. The normalized spacial score (nSPS) is 36.3. The lowest BCUT2D eigenvalue weighted by atomic mass is 9.73. The van der Waals surface area contributed by atoms with Crippen LogP contribution in [0.15, 0.2) is 12.2 Å². The zero-order chi connectivity index (χ0) is 24.0. The molecule has 4 rings (SSSR count). The molecule has 4 bridgehead atoms. The first-order chi connectivity index (χ1) is 14.8. The molecule has 3 aliphatic heterocycles. The van der Waals surface area contributed by atoms with Gasteiger partial charge < -0.3 is 33.9 Å². The van der Waals surface area contributed by atoms with E-state index in [4.69, 9.17) is 23.7 Å². The molecule has 2 N–H and O–H groups in total. The number of esters is 3. The highest BCUT2D eigenvalue weighted by Crippen LogP contribution is 2.60. The van der Waals surface area contributed by atoms with Gasteiger partial charge in [0.25, 0.3) is 0 Å². The van der Waals surface area contributed by atoms with Gasteiger partial charge in [-0.15, -0.1) is 0 Å². The third-order valence-electron chi connectivity index (χ3n) is 6.22. The van der Waals surface area contributed by atoms with Crippen LogP contribution in [0.2, 0.25) is 0 Å². The van der Waals surface area contributed by atoms with Crippen molar-refractivity contribution < 1.29 is 48.3 Å². The quantitative estimate of drug-likeness (QED) is 0.307. The van der Waals surface area contributed by atoms with Gasteiger partial charge >= 0.3 is 17.9 Å². The molecule has 0 aromatic carbocycles. The summed E-state index contributed by atoms with van der Waals surface area (Å²) in [6, 6.07) is 0. The van der Waals surface area contributed by atoms with Crippen LogP contribution in [0, 0.1) is 17.8 Å². The maximum absolute atomic E-state index is 12.8. The fourth-order valence-corrected chi connectivity index (χ4v) is 4.74. The zero-order valence-corrected chi connectivity index (χ0v) is 19.0. The highest BCUT2D eigenvalue weighted by molar-refractivity contribution is 5.79. The van der Waals surface area contributed by atoms with Crippen molar-refractivity contribution in [1.29, 1.82) is 0 Å². The van der Waals surface area contributed by atoms with Crippen LogP contribution in [0.3, 0.4) is 0 Å². The fourth-order valence-electron chi connectivity index (χ4n) is 4.74. The van der Waals surface area contributed by atoms with Crippen molar-refractivity contribution in [3.63, 3.8) is 0 Å². The van der Waals surface area contributed by atoms with Crippen LogP contribution < -0.4 is 0 Å². The number of carbonyl (C=O) groups excluding carboxylic acids is 3. The van der Waals surface area contributed by atoms with Crippen molar-refractivity contribution in [3.8, 4) is 0 Å². The first-order valence-corrected chi connectivity index (χ1v) is 10.8. The van der Waals surface area contributed by atoms with Crippen molar-refractivity contribution in [2.75, 3.05) is 6.61 Å². The summed E-state index contributed by atoms with van der Waals surface area (Å²) in [6.45, 7) is 11.7. The molecule has 4 fully saturated rings. The number of hydrogen-bond acceptors (Lipinski definition) is 10. The fraction of sp³-hybridized carbons (Fsp3) is 0.773. The number of ether oxygens (including phenoxy) is 5. The number of rotatable bonds is 8. The van der Waals surface area contributed by atoms with Crippen LogP contribution in [0.5, 0.6) is 0 Å². The lowest BCUT2D eigenvalue weighted by Crippen LogP contribution is -2.69. The van der Waals surface area contributed by atoms with Gasteiger partial charge in [0, 0.05) is 31.3 Å². The highest BCUT2D eigenvalue weighted by atomic mass is 16.8. The minimum Gasteiger partial charge on any atom is -0.460 e. The van der Waals surface area contributed by atoms with E-state index in [1.54, 1.807) is 13.8 Å². The summed E-state index contributed by atoms with van der Waals surface area (Å²) in [5.41, 5.74) is -2.98. The molecular formula is C22H32O10. The summed E-state index contributed by atoms with van der Waals surface area (Å²) in [5.74, 6) is -3.35. The molecule has 7 atom stereocenters. The molecule has 32 heavy (non-hydrogen) atoms. The number of aliphatic hydroxyl groups is 2. The molecule has 0 radical (unpaired) electrons. The van der Waals surface area contributed by atoms with E-state index in [0.717, 1.165) is 0 Å². The third kappa shape index (κ3) is 4.16. The van der Waals surface area contributed by atoms with Crippen LogP contribution in [-0.2, 0) is 38.1 Å². The van der Waals surface area contributed by atoms with E-state index in [2.05, 4.69) is 6.58 Å². The molecule has 4 aliphatic rings. The molecule has 3 heterocycles. The Morgan fingerprint density at radius 3 is 2.47 bits per heavy atom. The predicted octanol–water partition coefficient (Wildman–Crippen LogP) is 0.826.